The summed E-state index contributed by atoms with van der Waals surface area (Å²) in [5.74, 6) is 2.15. The van der Waals surface area contributed by atoms with Crippen molar-refractivity contribution < 1.29 is 4.42 Å². The van der Waals surface area contributed by atoms with Crippen molar-refractivity contribution in [2.45, 2.75) is 33.2 Å². The van der Waals surface area contributed by atoms with Gasteiger partial charge in [0.25, 0.3) is 0 Å². The highest BCUT2D eigenvalue weighted by Gasteiger charge is 2.09. The first-order valence-corrected chi connectivity index (χ1v) is 8.57. The average Bonchev–Trinajstić information content (AvgIpc) is 3.21. The van der Waals surface area contributed by atoms with Crippen LogP contribution < -0.4 is 10.6 Å². The Labute approximate surface area is 135 Å². The molecular formula is C16H24N4OS. The first-order valence-electron chi connectivity index (χ1n) is 7.69. The number of guanidine groups is 1. The predicted molar refractivity (Wildman–Crippen MR) is 92.1 cm³/mol. The van der Waals surface area contributed by atoms with Gasteiger partial charge in [0.15, 0.2) is 5.96 Å². The van der Waals surface area contributed by atoms with Crippen molar-refractivity contribution in [3.05, 3.63) is 29.5 Å². The molecule has 2 aromatic rings. The number of thiophene rings is 1. The molecule has 0 saturated carbocycles. The van der Waals surface area contributed by atoms with Crippen LogP contribution in [-0.2, 0) is 6.54 Å². The van der Waals surface area contributed by atoms with Crippen LogP contribution in [0.4, 0.5) is 0 Å². The number of nitrogens with zero attached hydrogens (tertiary/aromatic N) is 2. The van der Waals surface area contributed by atoms with Gasteiger partial charge in [0.1, 0.15) is 6.26 Å². The molecule has 0 aliphatic heterocycles. The molecule has 0 unspecified atom stereocenters. The third-order valence-corrected chi connectivity index (χ3v) is 4.52. The largest absolute Gasteiger partial charge is 0.443 e. The van der Waals surface area contributed by atoms with Crippen molar-refractivity contribution in [2.75, 3.05) is 13.6 Å². The van der Waals surface area contributed by atoms with Gasteiger partial charge in [0.05, 0.1) is 17.1 Å². The molecular weight excluding hydrogens is 296 g/mol. The molecule has 120 valence electrons. The molecule has 6 heteroatoms. The fraction of sp³-hybridized carbons (Fsp3) is 0.500. The Morgan fingerprint density at radius 3 is 2.82 bits per heavy atom. The molecule has 0 amide bonds. The highest BCUT2D eigenvalue weighted by atomic mass is 32.1. The van der Waals surface area contributed by atoms with Gasteiger partial charge in [0.2, 0.25) is 5.89 Å². The van der Waals surface area contributed by atoms with E-state index in [0.29, 0.717) is 18.4 Å². The summed E-state index contributed by atoms with van der Waals surface area (Å²) < 4.78 is 5.51. The summed E-state index contributed by atoms with van der Waals surface area (Å²) in [7, 11) is 1.78. The standard InChI is InChI=1S/C16H24N4OS/c1-4-12(5-2)9-18-16(17-3)19-10-13-11-21-15(20-13)14-7-6-8-22-14/h6-8,11-12H,4-5,9-10H2,1-3H3,(H2,17,18,19). The van der Waals surface area contributed by atoms with Crippen LogP contribution in [0.1, 0.15) is 32.4 Å². The summed E-state index contributed by atoms with van der Waals surface area (Å²) in [4.78, 5) is 9.77. The normalized spacial score (nSPS) is 11.9. The first kappa shape index (κ1) is 16.5. The zero-order valence-corrected chi connectivity index (χ0v) is 14.2. The minimum atomic E-state index is 0.595. The van der Waals surface area contributed by atoms with E-state index in [1.807, 2.05) is 17.5 Å². The molecule has 0 saturated heterocycles. The number of aliphatic imine (C=N–C) groups is 1. The highest BCUT2D eigenvalue weighted by Crippen LogP contribution is 2.23. The minimum Gasteiger partial charge on any atom is -0.443 e. The fourth-order valence-corrected chi connectivity index (χ4v) is 2.77. The molecule has 2 rings (SSSR count). The third kappa shape index (κ3) is 4.59. The summed E-state index contributed by atoms with van der Waals surface area (Å²) in [6.07, 6.45) is 4.04. The van der Waals surface area contributed by atoms with E-state index in [9.17, 15) is 0 Å². The van der Waals surface area contributed by atoms with Crippen LogP contribution in [0.15, 0.2) is 33.2 Å². The van der Waals surface area contributed by atoms with Crippen molar-refractivity contribution in [1.82, 2.24) is 15.6 Å². The van der Waals surface area contributed by atoms with E-state index < -0.39 is 0 Å². The zero-order chi connectivity index (χ0) is 15.8. The van der Waals surface area contributed by atoms with Gasteiger partial charge in [-0.05, 0) is 17.4 Å². The van der Waals surface area contributed by atoms with E-state index in [1.54, 1.807) is 24.6 Å². The summed E-state index contributed by atoms with van der Waals surface area (Å²) in [6.45, 7) is 5.96. The van der Waals surface area contributed by atoms with E-state index in [-0.39, 0.29) is 0 Å². The first-order chi connectivity index (χ1) is 10.8. The fourth-order valence-electron chi connectivity index (χ4n) is 2.11. The summed E-state index contributed by atoms with van der Waals surface area (Å²) >= 11 is 1.62. The third-order valence-electron chi connectivity index (χ3n) is 3.66. The zero-order valence-electron chi connectivity index (χ0n) is 13.4. The Morgan fingerprint density at radius 2 is 2.18 bits per heavy atom. The second-order valence-electron chi connectivity index (χ2n) is 5.11. The maximum atomic E-state index is 5.51. The SMILES string of the molecule is CCC(CC)CNC(=NC)NCc1coc(-c2cccs2)n1. The van der Waals surface area contributed by atoms with Crippen molar-refractivity contribution in [3.63, 3.8) is 0 Å². The lowest BCUT2D eigenvalue weighted by molar-refractivity contribution is 0.481. The van der Waals surface area contributed by atoms with Crippen LogP contribution in [0.3, 0.4) is 0 Å². The second-order valence-corrected chi connectivity index (χ2v) is 6.06. The van der Waals surface area contributed by atoms with Crippen molar-refractivity contribution in [1.29, 1.82) is 0 Å². The van der Waals surface area contributed by atoms with Crippen molar-refractivity contribution >= 4 is 17.3 Å². The van der Waals surface area contributed by atoms with Crippen LogP contribution in [0.25, 0.3) is 10.8 Å². The quantitative estimate of drug-likeness (QED) is 0.605. The van der Waals surface area contributed by atoms with E-state index in [2.05, 4.69) is 34.5 Å². The molecule has 0 atom stereocenters. The lowest BCUT2D eigenvalue weighted by Crippen LogP contribution is -2.39. The Balaban J connectivity index is 1.83. The molecule has 5 nitrogen and oxygen atoms in total. The smallest absolute Gasteiger partial charge is 0.236 e. The molecule has 0 aliphatic carbocycles. The number of hydrogen-bond donors (Lipinski definition) is 2. The molecule has 0 aliphatic rings. The second kappa shape index (κ2) is 8.58. The molecule has 0 aromatic carbocycles. The van der Waals surface area contributed by atoms with Gasteiger partial charge in [-0.25, -0.2) is 4.98 Å². The Kier molecular flexibility index (Phi) is 6.45. The molecule has 0 fully saturated rings. The van der Waals surface area contributed by atoms with Gasteiger partial charge >= 0.3 is 0 Å². The maximum absolute atomic E-state index is 5.51. The number of hydrogen-bond acceptors (Lipinski definition) is 4. The van der Waals surface area contributed by atoms with E-state index in [0.717, 1.165) is 23.1 Å². The van der Waals surface area contributed by atoms with Gasteiger partial charge in [0, 0.05) is 13.6 Å². The summed E-state index contributed by atoms with van der Waals surface area (Å²) in [5.41, 5.74) is 0.869. The Bertz CT molecular complexity index is 573. The Morgan fingerprint density at radius 1 is 1.36 bits per heavy atom. The minimum absolute atomic E-state index is 0.595. The maximum Gasteiger partial charge on any atom is 0.236 e. The van der Waals surface area contributed by atoms with E-state index in [4.69, 9.17) is 4.42 Å². The number of rotatable bonds is 7. The van der Waals surface area contributed by atoms with Crippen LogP contribution in [0, 0.1) is 5.92 Å². The average molecular weight is 320 g/mol. The summed E-state index contributed by atoms with van der Waals surface area (Å²) in [6, 6.07) is 4.00. The lowest BCUT2D eigenvalue weighted by Gasteiger charge is -2.16. The van der Waals surface area contributed by atoms with Gasteiger partial charge < -0.3 is 15.1 Å². The van der Waals surface area contributed by atoms with E-state index >= 15 is 0 Å². The van der Waals surface area contributed by atoms with Crippen LogP contribution in [-0.4, -0.2) is 24.5 Å². The van der Waals surface area contributed by atoms with Crippen molar-refractivity contribution in [3.8, 4) is 10.8 Å². The number of oxazole rings is 1. The predicted octanol–water partition coefficient (Wildman–Crippen LogP) is 3.50. The molecule has 2 heterocycles. The van der Waals surface area contributed by atoms with Gasteiger partial charge in [-0.3, -0.25) is 4.99 Å². The topological polar surface area (TPSA) is 62.5 Å². The van der Waals surface area contributed by atoms with Gasteiger partial charge in [-0.2, -0.15) is 0 Å². The molecule has 0 spiro atoms. The van der Waals surface area contributed by atoms with Gasteiger partial charge in [-0.15, -0.1) is 11.3 Å². The Hall–Kier alpha value is -1.82. The number of nitrogens with one attached hydrogen (secondary N) is 2. The van der Waals surface area contributed by atoms with Crippen molar-refractivity contribution in [2.24, 2.45) is 10.9 Å². The lowest BCUT2D eigenvalue weighted by atomic mass is 10.0. The van der Waals surface area contributed by atoms with Crippen LogP contribution >= 0.6 is 11.3 Å². The highest BCUT2D eigenvalue weighted by molar-refractivity contribution is 7.13. The van der Waals surface area contributed by atoms with Crippen LogP contribution in [0.2, 0.25) is 0 Å². The van der Waals surface area contributed by atoms with Crippen LogP contribution in [0.5, 0.6) is 0 Å². The molecule has 22 heavy (non-hydrogen) atoms. The molecule has 0 bridgehead atoms. The summed E-state index contributed by atoms with van der Waals surface area (Å²) in [5, 5.41) is 8.64. The molecule has 0 radical (unpaired) electrons. The molecule has 2 aromatic heterocycles. The monoisotopic (exact) mass is 320 g/mol. The number of aromatic nitrogens is 1. The van der Waals surface area contributed by atoms with E-state index in [1.165, 1.54) is 12.8 Å². The van der Waals surface area contributed by atoms with Gasteiger partial charge in [-0.1, -0.05) is 32.8 Å². The molecule has 2 N–H and O–H groups in total.